The van der Waals surface area contributed by atoms with E-state index in [4.69, 9.17) is 16.6 Å². The van der Waals surface area contributed by atoms with Gasteiger partial charge < -0.3 is 14.1 Å². The van der Waals surface area contributed by atoms with Crippen LogP contribution in [0.1, 0.15) is 0 Å². The third-order valence-corrected chi connectivity index (χ3v) is 22.2. The number of pyridine rings is 2. The van der Waals surface area contributed by atoms with Crippen LogP contribution in [0.4, 0.5) is 0 Å². The zero-order chi connectivity index (χ0) is 69.0. The molecule has 0 bridgehead atoms. The van der Waals surface area contributed by atoms with Crippen LogP contribution in [-0.2, 0) is 0 Å². The van der Waals surface area contributed by atoms with Gasteiger partial charge in [-0.15, -0.1) is 0 Å². The van der Waals surface area contributed by atoms with Crippen molar-refractivity contribution < 1.29 is 0 Å². The monoisotopic (exact) mass is 1350 g/mol. The van der Waals surface area contributed by atoms with Gasteiger partial charge in [-0.2, -0.15) is 0 Å². The summed E-state index contributed by atoms with van der Waals surface area (Å²) in [5, 5.41) is 18.2. The van der Waals surface area contributed by atoms with Crippen LogP contribution in [0.5, 0.6) is 0 Å². The highest BCUT2D eigenvalue weighted by Gasteiger charge is 2.26. The van der Waals surface area contributed by atoms with Crippen molar-refractivity contribution in [1.82, 2.24) is 28.7 Å². The Hall–Kier alpha value is -13.7. The zero-order valence-corrected chi connectivity index (χ0v) is 57.4. The molecule has 488 valence electrons. The van der Waals surface area contributed by atoms with E-state index >= 15 is 0 Å². The van der Waals surface area contributed by atoms with Crippen LogP contribution < -0.4 is 0 Å². The van der Waals surface area contributed by atoms with Crippen molar-refractivity contribution in [2.45, 2.75) is 0 Å². The first kappa shape index (κ1) is 59.1. The number of rotatable bonds is 5. The van der Waals surface area contributed by atoms with E-state index in [0.717, 1.165) is 27.9 Å². The molecular weight excluding hydrogens is 1300 g/mol. The summed E-state index contributed by atoms with van der Waals surface area (Å²) in [6, 6.07) is 127. The number of hydrogen-bond donors (Lipinski definition) is 1. The van der Waals surface area contributed by atoms with E-state index < -0.39 is 0 Å². The van der Waals surface area contributed by atoms with Gasteiger partial charge in [0, 0.05) is 76.3 Å². The Labute approximate surface area is 607 Å². The lowest BCUT2D eigenvalue weighted by Gasteiger charge is -2.11. The number of hydrogen-bond acceptors (Lipinski definition) is 2. The highest BCUT2D eigenvalue weighted by molar-refractivity contribution is 6.31. The van der Waals surface area contributed by atoms with Crippen LogP contribution in [0, 0.1) is 0 Å². The topological polar surface area (TPSA) is 56.4 Å². The Morgan fingerprint density at radius 2 is 0.629 bits per heavy atom. The van der Waals surface area contributed by atoms with Gasteiger partial charge >= 0.3 is 0 Å². The highest BCUT2D eigenvalue weighted by atomic mass is 35.5. The molecule has 6 nitrogen and oxygen atoms in total. The molecule has 1 N–H and O–H groups in total. The zero-order valence-electron chi connectivity index (χ0n) is 56.6. The number of benzene rings is 16. The smallest absolute Gasteiger partial charge is 0.138 e. The van der Waals surface area contributed by atoms with Gasteiger partial charge in [-0.05, 0) is 210 Å². The number of nitrogens with one attached hydrogen (secondary N) is 1. The maximum absolute atomic E-state index is 6.08. The molecule has 0 unspecified atom stereocenters. The second-order valence-corrected chi connectivity index (χ2v) is 28.1. The lowest BCUT2D eigenvalue weighted by molar-refractivity contribution is 1.10. The molecule has 0 amide bonds. The highest BCUT2D eigenvalue weighted by Crippen LogP contribution is 2.50. The van der Waals surface area contributed by atoms with Gasteiger partial charge in [0.15, 0.2) is 0 Å². The first-order valence-corrected chi connectivity index (χ1v) is 36.2. The van der Waals surface area contributed by atoms with Gasteiger partial charge in [-0.25, -0.2) is 9.97 Å². The molecule has 0 radical (unpaired) electrons. The number of fused-ring (bicyclic) bond motifs is 22. The van der Waals surface area contributed by atoms with Crippen molar-refractivity contribution in [2.75, 3.05) is 0 Å². The average molecular weight is 1360 g/mol. The van der Waals surface area contributed by atoms with E-state index in [1.165, 1.54) is 187 Å². The van der Waals surface area contributed by atoms with E-state index in [-0.39, 0.29) is 0 Å². The van der Waals surface area contributed by atoms with Gasteiger partial charge in [-0.3, -0.25) is 4.57 Å². The average Bonchev–Trinajstić information content (AvgIpc) is 1.54. The molecule has 0 saturated heterocycles. The number of halogens is 1. The predicted octanol–water partition coefficient (Wildman–Crippen LogP) is 26.7. The van der Waals surface area contributed by atoms with Gasteiger partial charge in [0.2, 0.25) is 0 Å². The van der Waals surface area contributed by atoms with Crippen molar-refractivity contribution in [3.63, 3.8) is 0 Å². The third kappa shape index (κ3) is 9.10. The largest absolute Gasteiger partial charge is 0.354 e. The van der Waals surface area contributed by atoms with Gasteiger partial charge in [0.05, 0.1) is 44.1 Å². The molecule has 0 aliphatic heterocycles. The Morgan fingerprint density at radius 1 is 0.229 bits per heavy atom. The summed E-state index contributed by atoms with van der Waals surface area (Å²) in [5.41, 5.74) is 28.8. The van der Waals surface area contributed by atoms with Crippen LogP contribution >= 0.6 is 11.6 Å². The van der Waals surface area contributed by atoms with E-state index in [0.29, 0.717) is 5.15 Å². The minimum absolute atomic E-state index is 0.557. The predicted molar refractivity (Wildman–Crippen MR) is 442 cm³/mol. The third-order valence-electron chi connectivity index (χ3n) is 22.0. The maximum Gasteiger partial charge on any atom is 0.138 e. The number of aromatic nitrogens is 6. The lowest BCUT2D eigenvalue weighted by Crippen LogP contribution is -1.98. The van der Waals surface area contributed by atoms with Crippen molar-refractivity contribution in [3.8, 4) is 84.0 Å². The van der Waals surface area contributed by atoms with E-state index in [2.05, 4.69) is 357 Å². The Kier molecular flexibility index (Phi) is 13.0. The van der Waals surface area contributed by atoms with Gasteiger partial charge in [-0.1, -0.05) is 242 Å². The first-order chi connectivity index (χ1) is 52.0. The van der Waals surface area contributed by atoms with Crippen LogP contribution in [0.2, 0.25) is 5.15 Å². The summed E-state index contributed by atoms with van der Waals surface area (Å²) in [6.45, 7) is 0. The summed E-state index contributed by atoms with van der Waals surface area (Å²) in [4.78, 5) is 13.4. The number of nitrogens with zero attached hydrogens (tertiary/aromatic N) is 5. The van der Waals surface area contributed by atoms with Gasteiger partial charge in [0.25, 0.3) is 0 Å². The normalized spacial score (nSPS) is 12.0. The summed E-state index contributed by atoms with van der Waals surface area (Å²) >= 11 is 6.08. The van der Waals surface area contributed by atoms with Crippen molar-refractivity contribution in [2.24, 2.45) is 0 Å². The van der Waals surface area contributed by atoms with Gasteiger partial charge in [0.1, 0.15) is 11.0 Å². The summed E-state index contributed by atoms with van der Waals surface area (Å²) in [7, 11) is 0. The minimum Gasteiger partial charge on any atom is -0.354 e. The summed E-state index contributed by atoms with van der Waals surface area (Å²) < 4.78 is 7.12. The Bertz CT molecular complexity index is 7420. The molecule has 2 aliphatic rings. The molecule has 0 atom stereocenters. The van der Waals surface area contributed by atoms with Crippen molar-refractivity contribution >= 4 is 142 Å². The van der Waals surface area contributed by atoms with E-state index in [9.17, 15) is 0 Å². The molecular formula is C98H59ClN6. The summed E-state index contributed by atoms with van der Waals surface area (Å²) in [5.74, 6) is 0.939. The first-order valence-electron chi connectivity index (χ1n) is 35.8. The van der Waals surface area contributed by atoms with Crippen LogP contribution in [0.15, 0.2) is 352 Å². The molecule has 24 rings (SSSR count). The van der Waals surface area contributed by atoms with E-state index in [1.54, 1.807) is 0 Å². The van der Waals surface area contributed by atoms with Crippen molar-refractivity contribution in [1.29, 1.82) is 0 Å². The fourth-order valence-electron chi connectivity index (χ4n) is 17.5. The number of H-pyrrole nitrogens is 1. The lowest BCUT2D eigenvalue weighted by atomic mass is 9.99. The molecule has 22 aromatic rings. The molecule has 0 saturated carbocycles. The molecule has 6 aromatic heterocycles. The molecule has 6 heterocycles. The fourth-order valence-corrected chi connectivity index (χ4v) is 17.7. The minimum atomic E-state index is 0.557. The quantitative estimate of drug-likeness (QED) is 0.175. The molecule has 0 spiro atoms. The van der Waals surface area contributed by atoms with Crippen LogP contribution in [-0.4, -0.2) is 28.7 Å². The van der Waals surface area contributed by atoms with E-state index in [1.807, 2.05) is 18.2 Å². The number of aromatic amines is 1. The van der Waals surface area contributed by atoms with Crippen LogP contribution in [0.25, 0.3) is 215 Å². The SMILES string of the molecule is Clc1cc2c3c(cccc3n1)-c1ccccc1-2.c1ccc(-n2c3ccccc3c3cc(-c4ccc5[nH]c6ccc7ccccc7c6c5c4)ccc32)cc1.c1ccc(-n2c3ccccc3c3cc(-c4ccc5c(c4)c4c6ccccc6ccc4n5-c4cc5c6c(cccc6n4)-c4ccccc4-5)ccc32)cc1. The molecule has 0 fully saturated rings. The second kappa shape index (κ2) is 23.2. The number of para-hydroxylation sites is 4. The van der Waals surface area contributed by atoms with Crippen molar-refractivity contribution in [3.05, 3.63) is 357 Å². The summed E-state index contributed by atoms with van der Waals surface area (Å²) in [6.07, 6.45) is 0. The second-order valence-electron chi connectivity index (χ2n) is 27.7. The van der Waals surface area contributed by atoms with Crippen LogP contribution in [0.3, 0.4) is 0 Å². The molecule has 2 aliphatic carbocycles. The maximum atomic E-state index is 6.08. The Morgan fingerprint density at radius 3 is 1.20 bits per heavy atom. The standard InChI is InChI=1S/C49H29N3.C34H22N2.C15H8ClN/c1-2-12-33(13-3-1)51-43-20-9-8-17-37(43)39-27-31(22-24-44(39)51)32-23-25-45-41(28-32)49-34-14-5-4-11-30(34)21-26-46(49)52(45)47-29-40-36-16-7-6-15-35(36)38-18-10-19-42(50-47)48(38)40;1-2-9-25(10-3-1)36-32-13-7-6-12-27(32)28-20-24(16-19-33(28)36)23-15-17-30-29(21-23)34-26-11-5-4-8-22(26)14-18-31(34)35-30;16-14-8-12-10-5-2-1-4-9(10)11-6-3-7-13(17-14)15(11)12/h1-29H;1-21,35H;1-8H. The fraction of sp³-hybridized carbons (Fsp3) is 0. The molecule has 105 heavy (non-hydrogen) atoms. The molecule has 7 heteroatoms. The Balaban J connectivity index is 0.000000112. The molecule has 16 aromatic carbocycles.